The third kappa shape index (κ3) is 3.86. The Morgan fingerprint density at radius 1 is 0.931 bits per heavy atom. The maximum absolute atomic E-state index is 13.2. The van der Waals surface area contributed by atoms with Gasteiger partial charge in [-0.25, -0.2) is 0 Å². The van der Waals surface area contributed by atoms with Crippen LogP contribution in [0.1, 0.15) is 28.9 Å². The van der Waals surface area contributed by atoms with E-state index in [2.05, 4.69) is 5.32 Å². The standard InChI is InChI=1S/C23H17Cl2NO3/c1-13(27)26-21-18-9-7-15(14-5-3-2-4-6-14)11-20(18)29-23(21)22(28)17-10-8-16(24)12-19(17)25/h2-12,21,23H,1H3,(H,26,27). The number of nitrogens with one attached hydrogen (secondary N) is 1. The smallest absolute Gasteiger partial charge is 0.217 e. The van der Waals surface area contributed by atoms with Crippen LogP contribution in [0, 0.1) is 0 Å². The first-order valence-electron chi connectivity index (χ1n) is 9.06. The number of halogens is 2. The molecule has 29 heavy (non-hydrogen) atoms. The molecule has 0 spiro atoms. The predicted octanol–water partition coefficient (Wildman–Crippen LogP) is 5.48. The Morgan fingerprint density at radius 2 is 1.69 bits per heavy atom. The largest absolute Gasteiger partial charge is 0.479 e. The van der Waals surface area contributed by atoms with Gasteiger partial charge in [0.05, 0.1) is 5.02 Å². The van der Waals surface area contributed by atoms with E-state index in [0.717, 1.165) is 16.7 Å². The fourth-order valence-electron chi connectivity index (χ4n) is 3.49. The molecule has 2 atom stereocenters. The zero-order valence-electron chi connectivity index (χ0n) is 15.5. The van der Waals surface area contributed by atoms with Gasteiger partial charge in [0, 0.05) is 23.1 Å². The third-order valence-electron chi connectivity index (χ3n) is 4.83. The summed E-state index contributed by atoms with van der Waals surface area (Å²) in [6.07, 6.45) is -0.918. The van der Waals surface area contributed by atoms with Gasteiger partial charge < -0.3 is 10.1 Å². The monoisotopic (exact) mass is 425 g/mol. The molecule has 0 radical (unpaired) electrons. The van der Waals surface area contributed by atoms with Crippen molar-refractivity contribution in [3.8, 4) is 16.9 Å². The maximum atomic E-state index is 13.2. The van der Waals surface area contributed by atoms with Crippen molar-refractivity contribution in [2.24, 2.45) is 0 Å². The molecule has 0 saturated heterocycles. The number of benzene rings is 3. The molecule has 2 unspecified atom stereocenters. The number of hydrogen-bond acceptors (Lipinski definition) is 3. The van der Waals surface area contributed by atoms with Crippen LogP contribution in [0.25, 0.3) is 11.1 Å². The van der Waals surface area contributed by atoms with Crippen LogP contribution in [0.4, 0.5) is 0 Å². The second-order valence-corrected chi connectivity index (χ2v) is 7.67. The zero-order chi connectivity index (χ0) is 20.5. The number of ether oxygens (including phenoxy) is 1. The molecular formula is C23H17Cl2NO3. The van der Waals surface area contributed by atoms with Gasteiger partial charge in [0.1, 0.15) is 11.8 Å². The van der Waals surface area contributed by atoms with E-state index in [-0.39, 0.29) is 16.7 Å². The molecule has 4 rings (SSSR count). The fraction of sp³-hybridized carbons (Fsp3) is 0.130. The number of ketones is 1. The number of rotatable bonds is 4. The lowest BCUT2D eigenvalue weighted by Crippen LogP contribution is -2.39. The van der Waals surface area contributed by atoms with Crippen molar-refractivity contribution in [1.82, 2.24) is 5.32 Å². The van der Waals surface area contributed by atoms with Crippen molar-refractivity contribution >= 4 is 34.9 Å². The summed E-state index contributed by atoms with van der Waals surface area (Å²) in [6, 6.07) is 19.7. The van der Waals surface area contributed by atoms with Crippen molar-refractivity contribution in [3.05, 3.63) is 87.9 Å². The quantitative estimate of drug-likeness (QED) is 0.562. The topological polar surface area (TPSA) is 55.4 Å². The Bertz CT molecular complexity index is 1100. The second kappa shape index (κ2) is 7.90. The first-order chi connectivity index (χ1) is 13.9. The van der Waals surface area contributed by atoms with Gasteiger partial charge in [-0.2, -0.15) is 0 Å². The molecule has 0 fully saturated rings. The van der Waals surface area contributed by atoms with Crippen LogP contribution >= 0.6 is 23.2 Å². The van der Waals surface area contributed by atoms with Crippen LogP contribution in [0.2, 0.25) is 10.0 Å². The Balaban J connectivity index is 1.72. The van der Waals surface area contributed by atoms with Gasteiger partial charge >= 0.3 is 0 Å². The fourth-order valence-corrected chi connectivity index (χ4v) is 3.99. The van der Waals surface area contributed by atoms with Gasteiger partial charge in [0.25, 0.3) is 0 Å². The van der Waals surface area contributed by atoms with Crippen molar-refractivity contribution in [2.45, 2.75) is 19.1 Å². The normalized spacial score (nSPS) is 17.3. The summed E-state index contributed by atoms with van der Waals surface area (Å²) in [5.41, 5.74) is 3.05. The first-order valence-corrected chi connectivity index (χ1v) is 9.82. The lowest BCUT2D eigenvalue weighted by Gasteiger charge is -2.19. The van der Waals surface area contributed by atoms with Crippen molar-refractivity contribution < 1.29 is 14.3 Å². The molecule has 1 N–H and O–H groups in total. The van der Waals surface area contributed by atoms with E-state index in [9.17, 15) is 9.59 Å². The summed E-state index contributed by atoms with van der Waals surface area (Å²) >= 11 is 12.2. The molecular weight excluding hydrogens is 409 g/mol. The summed E-state index contributed by atoms with van der Waals surface area (Å²) in [6.45, 7) is 1.41. The molecule has 1 aliphatic rings. The molecule has 0 aromatic heterocycles. The number of Topliss-reactive ketones (excluding diaryl/α,β-unsaturated/α-hetero) is 1. The summed E-state index contributed by atoms with van der Waals surface area (Å²) in [5.74, 6) is -0.00462. The molecule has 0 saturated carbocycles. The molecule has 0 bridgehead atoms. The molecule has 6 heteroatoms. The summed E-state index contributed by atoms with van der Waals surface area (Å²) in [5, 5.41) is 3.52. The van der Waals surface area contributed by atoms with Crippen LogP contribution in [-0.4, -0.2) is 17.8 Å². The van der Waals surface area contributed by atoms with Crippen LogP contribution in [-0.2, 0) is 4.79 Å². The van der Waals surface area contributed by atoms with Crippen LogP contribution < -0.4 is 10.1 Å². The van der Waals surface area contributed by atoms with E-state index in [1.54, 1.807) is 12.1 Å². The minimum absolute atomic E-state index is 0.244. The van der Waals surface area contributed by atoms with Crippen LogP contribution in [0.15, 0.2) is 66.7 Å². The molecule has 1 aliphatic heterocycles. The summed E-state index contributed by atoms with van der Waals surface area (Å²) in [4.78, 5) is 25.0. The van der Waals surface area contributed by atoms with Crippen LogP contribution in [0.5, 0.6) is 5.75 Å². The lowest BCUT2D eigenvalue weighted by molar-refractivity contribution is -0.120. The molecule has 1 heterocycles. The average molecular weight is 426 g/mol. The molecule has 146 valence electrons. The van der Waals surface area contributed by atoms with E-state index >= 15 is 0 Å². The van der Waals surface area contributed by atoms with Gasteiger partial charge in [-0.1, -0.05) is 65.7 Å². The lowest BCUT2D eigenvalue weighted by atomic mass is 9.95. The SMILES string of the molecule is CC(=O)NC1c2ccc(-c3ccccc3)cc2OC1C(=O)c1ccc(Cl)cc1Cl. The highest BCUT2D eigenvalue weighted by Gasteiger charge is 2.41. The van der Waals surface area contributed by atoms with Gasteiger partial charge in [-0.15, -0.1) is 0 Å². The van der Waals surface area contributed by atoms with Gasteiger partial charge in [0.2, 0.25) is 11.7 Å². The van der Waals surface area contributed by atoms with Crippen molar-refractivity contribution in [3.63, 3.8) is 0 Å². The number of carbonyl (C=O) groups excluding carboxylic acids is 2. The molecule has 3 aromatic rings. The average Bonchev–Trinajstić information content (AvgIpc) is 3.05. The Morgan fingerprint density at radius 3 is 2.38 bits per heavy atom. The number of amides is 1. The summed E-state index contributed by atoms with van der Waals surface area (Å²) < 4.78 is 6.03. The highest BCUT2D eigenvalue weighted by Crippen LogP contribution is 2.41. The van der Waals surface area contributed by atoms with E-state index in [0.29, 0.717) is 16.3 Å². The van der Waals surface area contributed by atoms with Gasteiger partial charge in [-0.3, -0.25) is 9.59 Å². The van der Waals surface area contributed by atoms with E-state index < -0.39 is 12.1 Å². The summed E-state index contributed by atoms with van der Waals surface area (Å²) in [7, 11) is 0. The zero-order valence-corrected chi connectivity index (χ0v) is 17.0. The first kappa shape index (κ1) is 19.5. The minimum atomic E-state index is -0.918. The Kier molecular flexibility index (Phi) is 5.31. The van der Waals surface area contributed by atoms with E-state index in [4.69, 9.17) is 27.9 Å². The van der Waals surface area contributed by atoms with Crippen molar-refractivity contribution in [1.29, 1.82) is 0 Å². The number of hydrogen-bond donors (Lipinski definition) is 1. The molecule has 3 aromatic carbocycles. The number of carbonyl (C=O) groups is 2. The minimum Gasteiger partial charge on any atom is -0.479 e. The van der Waals surface area contributed by atoms with Crippen molar-refractivity contribution in [2.75, 3.05) is 0 Å². The highest BCUT2D eigenvalue weighted by molar-refractivity contribution is 6.37. The second-order valence-electron chi connectivity index (χ2n) is 6.82. The third-order valence-corrected chi connectivity index (χ3v) is 5.37. The number of fused-ring (bicyclic) bond motifs is 1. The van der Waals surface area contributed by atoms with Crippen LogP contribution in [0.3, 0.4) is 0 Å². The molecule has 0 aliphatic carbocycles. The van der Waals surface area contributed by atoms with E-state index in [1.807, 2.05) is 48.5 Å². The Hall–Kier alpha value is -2.82. The van der Waals surface area contributed by atoms with Gasteiger partial charge in [-0.05, 0) is 35.4 Å². The Labute approximate surface area is 178 Å². The predicted molar refractivity (Wildman–Crippen MR) is 114 cm³/mol. The molecule has 1 amide bonds. The highest BCUT2D eigenvalue weighted by atomic mass is 35.5. The van der Waals surface area contributed by atoms with Gasteiger partial charge in [0.15, 0.2) is 6.10 Å². The maximum Gasteiger partial charge on any atom is 0.217 e. The molecule has 4 nitrogen and oxygen atoms in total. The van der Waals surface area contributed by atoms with E-state index in [1.165, 1.54) is 13.0 Å².